The lowest BCUT2D eigenvalue weighted by molar-refractivity contribution is -0.142. The van der Waals surface area contributed by atoms with Gasteiger partial charge in [0.05, 0.1) is 19.6 Å². The number of carbonyl (C=O) groups is 2. The summed E-state index contributed by atoms with van der Waals surface area (Å²) in [7, 11) is 3.06. The molecule has 0 fully saturated rings. The molecule has 1 aromatic carbocycles. The first-order valence-electron chi connectivity index (χ1n) is 7.65. The second-order valence-electron chi connectivity index (χ2n) is 5.86. The third-order valence-electron chi connectivity index (χ3n) is 3.88. The molecule has 0 spiro atoms. The van der Waals surface area contributed by atoms with Crippen molar-refractivity contribution in [3.05, 3.63) is 35.9 Å². The summed E-state index contributed by atoms with van der Waals surface area (Å²) in [6.45, 7) is 5.27. The number of nitrogens with one attached hydrogen (secondary N) is 1. The van der Waals surface area contributed by atoms with Crippen molar-refractivity contribution in [2.75, 3.05) is 14.2 Å². The molecule has 6 heteroatoms. The molecule has 0 heterocycles. The van der Waals surface area contributed by atoms with Crippen LogP contribution in [0.1, 0.15) is 32.8 Å². The highest BCUT2D eigenvalue weighted by Crippen LogP contribution is 2.33. The summed E-state index contributed by atoms with van der Waals surface area (Å²) in [5.41, 5.74) is -0.226. The molecular weight excluding hydrogens is 310 g/mol. The van der Waals surface area contributed by atoms with E-state index in [1.807, 2.05) is 0 Å². The van der Waals surface area contributed by atoms with Gasteiger partial charge in [-0.3, -0.25) is 4.79 Å². The van der Waals surface area contributed by atoms with Crippen molar-refractivity contribution >= 4 is 11.9 Å². The van der Waals surface area contributed by atoms with Gasteiger partial charge in [0.25, 0.3) is 0 Å². The molecule has 0 aliphatic rings. The predicted octanol–water partition coefficient (Wildman–Crippen LogP) is 2.52. The van der Waals surface area contributed by atoms with Gasteiger partial charge >= 0.3 is 5.97 Å². The van der Waals surface area contributed by atoms with E-state index in [4.69, 9.17) is 9.47 Å². The normalized spacial score (nSPS) is 12.7. The van der Waals surface area contributed by atoms with Gasteiger partial charge in [0.15, 0.2) is 11.5 Å². The topological polar surface area (TPSA) is 84.9 Å². The smallest absolute Gasteiger partial charge is 0.326 e. The summed E-state index contributed by atoms with van der Waals surface area (Å²) in [5, 5.41) is 11.8. The lowest BCUT2D eigenvalue weighted by atomic mass is 9.83. The molecule has 6 nitrogen and oxygen atoms in total. The number of methoxy groups -OCH3 is 2. The van der Waals surface area contributed by atoms with Gasteiger partial charge in [0.2, 0.25) is 5.91 Å². The summed E-state index contributed by atoms with van der Waals surface area (Å²) in [6, 6.07) is 4.24. The summed E-state index contributed by atoms with van der Waals surface area (Å²) in [4.78, 5) is 23.9. The monoisotopic (exact) mass is 335 g/mol. The first kappa shape index (κ1) is 19.5. The first-order chi connectivity index (χ1) is 11.3. The molecule has 1 aromatic rings. The van der Waals surface area contributed by atoms with Gasteiger partial charge in [-0.05, 0) is 44.9 Å². The lowest BCUT2D eigenvalue weighted by Crippen LogP contribution is -2.48. The molecule has 0 saturated heterocycles. The molecule has 2 N–H and O–H groups in total. The summed E-state index contributed by atoms with van der Waals surface area (Å²) >= 11 is 0. The Labute approximate surface area is 142 Å². The van der Waals surface area contributed by atoms with E-state index in [0.29, 0.717) is 17.1 Å². The zero-order valence-corrected chi connectivity index (χ0v) is 14.8. The zero-order valence-electron chi connectivity index (χ0n) is 14.8. The number of aliphatic carboxylic acids is 1. The fourth-order valence-corrected chi connectivity index (χ4v) is 2.19. The zero-order chi connectivity index (χ0) is 18.3. The van der Waals surface area contributed by atoms with Crippen molar-refractivity contribution in [3.8, 4) is 11.5 Å². The van der Waals surface area contributed by atoms with Crippen LogP contribution in [-0.4, -0.2) is 37.2 Å². The lowest BCUT2D eigenvalue weighted by Gasteiger charge is -2.27. The minimum atomic E-state index is -1.07. The number of amides is 1. The van der Waals surface area contributed by atoms with Crippen LogP contribution in [0, 0.1) is 0 Å². The highest BCUT2D eigenvalue weighted by atomic mass is 16.5. The molecule has 0 saturated carbocycles. The van der Waals surface area contributed by atoms with Crippen LogP contribution in [0.4, 0.5) is 0 Å². The summed E-state index contributed by atoms with van der Waals surface area (Å²) in [5.74, 6) is -0.357. The maximum atomic E-state index is 12.6. The van der Waals surface area contributed by atoms with Crippen LogP contribution in [0.25, 0.3) is 0 Å². The van der Waals surface area contributed by atoms with Gasteiger partial charge in [-0.15, -0.1) is 0 Å². The molecule has 1 atom stereocenters. The van der Waals surface area contributed by atoms with Crippen molar-refractivity contribution in [2.24, 2.45) is 0 Å². The fraction of sp³-hybridized carbons (Fsp3) is 0.444. The SMILES string of the molecule is C/C=C/CC(NC(=O)C(C)(C)c1ccc(OC)c(OC)c1)C(=O)O. The van der Waals surface area contributed by atoms with Gasteiger partial charge in [0, 0.05) is 0 Å². The Balaban J connectivity index is 3.05. The maximum absolute atomic E-state index is 12.6. The molecule has 132 valence electrons. The molecule has 1 unspecified atom stereocenters. The predicted molar refractivity (Wildman–Crippen MR) is 91.6 cm³/mol. The Hall–Kier alpha value is -2.50. The molecule has 0 aliphatic carbocycles. The van der Waals surface area contributed by atoms with Crippen LogP contribution in [0.5, 0.6) is 11.5 Å². The van der Waals surface area contributed by atoms with Crippen LogP contribution in [-0.2, 0) is 15.0 Å². The maximum Gasteiger partial charge on any atom is 0.326 e. The van der Waals surface area contributed by atoms with Crippen molar-refractivity contribution in [2.45, 2.75) is 38.6 Å². The van der Waals surface area contributed by atoms with Gasteiger partial charge in [-0.1, -0.05) is 18.2 Å². The fourth-order valence-electron chi connectivity index (χ4n) is 2.19. The van der Waals surface area contributed by atoms with Gasteiger partial charge < -0.3 is 19.9 Å². The molecule has 24 heavy (non-hydrogen) atoms. The molecule has 0 radical (unpaired) electrons. The Bertz CT molecular complexity index is 622. The highest BCUT2D eigenvalue weighted by molar-refractivity contribution is 5.91. The molecular formula is C18H25NO5. The quantitative estimate of drug-likeness (QED) is 0.713. The number of allylic oxidation sites excluding steroid dienone is 1. The number of hydrogen-bond donors (Lipinski definition) is 2. The first-order valence-corrected chi connectivity index (χ1v) is 7.65. The average molecular weight is 335 g/mol. The third-order valence-corrected chi connectivity index (χ3v) is 3.88. The highest BCUT2D eigenvalue weighted by Gasteiger charge is 2.33. The van der Waals surface area contributed by atoms with Crippen molar-refractivity contribution in [1.29, 1.82) is 0 Å². The number of hydrogen-bond acceptors (Lipinski definition) is 4. The van der Waals surface area contributed by atoms with Crippen molar-refractivity contribution in [3.63, 3.8) is 0 Å². The largest absolute Gasteiger partial charge is 0.493 e. The van der Waals surface area contributed by atoms with Crippen molar-refractivity contribution < 1.29 is 24.2 Å². The van der Waals surface area contributed by atoms with E-state index in [1.54, 1.807) is 51.1 Å². The Morgan fingerprint density at radius 2 is 1.88 bits per heavy atom. The Morgan fingerprint density at radius 1 is 1.25 bits per heavy atom. The minimum Gasteiger partial charge on any atom is -0.493 e. The number of carboxylic acid groups (broad SMARTS) is 1. The minimum absolute atomic E-state index is 0.236. The van der Waals surface area contributed by atoms with E-state index in [2.05, 4.69) is 5.32 Å². The molecule has 1 amide bonds. The Morgan fingerprint density at radius 3 is 2.38 bits per heavy atom. The summed E-state index contributed by atoms with van der Waals surface area (Å²) in [6.07, 6.45) is 3.70. The second kappa shape index (κ2) is 8.38. The van der Waals surface area contributed by atoms with Crippen LogP contribution >= 0.6 is 0 Å². The van der Waals surface area contributed by atoms with E-state index in [0.717, 1.165) is 0 Å². The van der Waals surface area contributed by atoms with E-state index in [9.17, 15) is 14.7 Å². The number of carboxylic acids is 1. The van der Waals surface area contributed by atoms with E-state index in [1.165, 1.54) is 14.2 Å². The van der Waals surface area contributed by atoms with Gasteiger partial charge in [0.1, 0.15) is 6.04 Å². The summed E-state index contributed by atoms with van der Waals surface area (Å²) < 4.78 is 10.5. The number of carbonyl (C=O) groups excluding carboxylic acids is 1. The van der Waals surface area contributed by atoms with E-state index >= 15 is 0 Å². The molecule has 0 aromatic heterocycles. The van der Waals surface area contributed by atoms with E-state index < -0.39 is 17.4 Å². The van der Waals surface area contributed by atoms with Crippen LogP contribution in [0.3, 0.4) is 0 Å². The van der Waals surface area contributed by atoms with Crippen LogP contribution < -0.4 is 14.8 Å². The average Bonchev–Trinajstić information content (AvgIpc) is 2.57. The number of benzene rings is 1. The second-order valence-corrected chi connectivity index (χ2v) is 5.86. The third kappa shape index (κ3) is 4.50. The Kier molecular flexibility index (Phi) is 6.82. The molecule has 0 bridgehead atoms. The number of ether oxygens (including phenoxy) is 2. The van der Waals surface area contributed by atoms with Crippen LogP contribution in [0.15, 0.2) is 30.4 Å². The van der Waals surface area contributed by atoms with Crippen molar-refractivity contribution in [1.82, 2.24) is 5.32 Å². The van der Waals surface area contributed by atoms with Gasteiger partial charge in [-0.2, -0.15) is 0 Å². The molecule has 0 aliphatic heterocycles. The van der Waals surface area contributed by atoms with Gasteiger partial charge in [-0.25, -0.2) is 4.79 Å². The number of rotatable bonds is 8. The van der Waals surface area contributed by atoms with E-state index in [-0.39, 0.29) is 12.3 Å². The molecule has 1 rings (SSSR count). The standard InChI is InChI=1S/C18H25NO5/c1-6-7-8-13(16(20)21)19-17(22)18(2,3)12-9-10-14(23-4)15(11-12)24-5/h6-7,9-11,13H,8H2,1-5H3,(H,19,22)(H,20,21)/b7-6+. The van der Waals surface area contributed by atoms with Crippen LogP contribution in [0.2, 0.25) is 0 Å².